The Labute approximate surface area is 111 Å². The van der Waals surface area contributed by atoms with Crippen LogP contribution in [-0.2, 0) is 14.9 Å². The average molecular weight is 263 g/mol. The van der Waals surface area contributed by atoms with Gasteiger partial charge in [0.1, 0.15) is 6.61 Å². The number of carbonyl (C=O) groups excluding carboxylic acids is 1. The van der Waals surface area contributed by atoms with E-state index in [-0.39, 0.29) is 6.61 Å². The molecule has 0 saturated carbocycles. The fourth-order valence-corrected chi connectivity index (χ4v) is 1.38. The average Bonchev–Trinajstić information content (AvgIpc) is 2.36. The third-order valence-corrected chi connectivity index (χ3v) is 2.72. The molecule has 0 aliphatic rings. The van der Waals surface area contributed by atoms with Crippen molar-refractivity contribution in [3.05, 3.63) is 42.5 Å². The van der Waals surface area contributed by atoms with Gasteiger partial charge in [0.05, 0.1) is 5.41 Å². The van der Waals surface area contributed by atoms with Crippen molar-refractivity contribution in [2.45, 2.75) is 19.3 Å². The Morgan fingerprint density at radius 3 is 2.42 bits per heavy atom. The molecule has 19 heavy (non-hydrogen) atoms. The molecule has 0 fully saturated rings. The van der Waals surface area contributed by atoms with Gasteiger partial charge in [0.15, 0.2) is 0 Å². The minimum absolute atomic E-state index is 0.135. The lowest BCUT2D eigenvalue weighted by Gasteiger charge is -2.19. The molecule has 0 aliphatic carbocycles. The van der Waals surface area contributed by atoms with Crippen LogP contribution in [0.3, 0.4) is 0 Å². The number of hydrogen-bond donors (Lipinski definition) is 2. The number of hydrogen-bond acceptors (Lipinski definition) is 3. The van der Waals surface area contributed by atoms with Crippen LogP contribution in [0, 0.1) is 0 Å². The van der Waals surface area contributed by atoms with Crippen LogP contribution in [-0.4, -0.2) is 23.8 Å². The lowest BCUT2D eigenvalue weighted by molar-refractivity contribution is -0.142. The number of carboxylic acid groups (broad SMARTS) is 1. The second-order valence-corrected chi connectivity index (χ2v) is 4.52. The lowest BCUT2D eigenvalue weighted by Crippen LogP contribution is -2.28. The molecule has 0 saturated heterocycles. The van der Waals surface area contributed by atoms with E-state index in [4.69, 9.17) is 9.84 Å². The number of amides is 1. The van der Waals surface area contributed by atoms with Crippen molar-refractivity contribution in [1.82, 2.24) is 0 Å². The van der Waals surface area contributed by atoms with Gasteiger partial charge in [-0.3, -0.25) is 10.1 Å². The second kappa shape index (κ2) is 6.04. The van der Waals surface area contributed by atoms with Crippen LogP contribution >= 0.6 is 0 Å². The predicted octanol–water partition coefficient (Wildman–Crippen LogP) is 2.78. The van der Waals surface area contributed by atoms with E-state index >= 15 is 0 Å². The number of carboxylic acids is 1. The molecule has 102 valence electrons. The molecular formula is C14H17NO4. The molecular weight excluding hydrogens is 246 g/mol. The molecule has 2 N–H and O–H groups in total. The van der Waals surface area contributed by atoms with E-state index in [9.17, 15) is 9.59 Å². The predicted molar refractivity (Wildman–Crippen MR) is 72.3 cm³/mol. The quantitative estimate of drug-likeness (QED) is 0.801. The Kier molecular flexibility index (Phi) is 4.69. The number of ether oxygens (including phenoxy) is 1. The SMILES string of the molecule is C=CCOC(=O)Nc1ccc(C(C)(C)C(=O)O)cc1. The standard InChI is InChI=1S/C14H17NO4/c1-4-9-19-13(18)15-11-7-5-10(6-8-11)14(2,3)12(16)17/h4-8H,1,9H2,2-3H3,(H,15,18)(H,16,17). The van der Waals surface area contributed by atoms with Gasteiger partial charge in [-0.15, -0.1) is 0 Å². The minimum atomic E-state index is -0.970. The normalized spacial score (nSPS) is 10.6. The molecule has 0 heterocycles. The summed E-state index contributed by atoms with van der Waals surface area (Å²) >= 11 is 0. The molecule has 1 aromatic carbocycles. The van der Waals surface area contributed by atoms with Crippen molar-refractivity contribution < 1.29 is 19.4 Å². The van der Waals surface area contributed by atoms with Crippen molar-refractivity contribution in [3.8, 4) is 0 Å². The van der Waals surface area contributed by atoms with Crippen molar-refractivity contribution in [3.63, 3.8) is 0 Å². The third-order valence-electron chi connectivity index (χ3n) is 2.72. The first-order chi connectivity index (χ1) is 8.87. The second-order valence-electron chi connectivity index (χ2n) is 4.52. The summed E-state index contributed by atoms with van der Waals surface area (Å²) in [5.74, 6) is -0.904. The van der Waals surface area contributed by atoms with Crippen LogP contribution in [0.25, 0.3) is 0 Å². The minimum Gasteiger partial charge on any atom is -0.481 e. The molecule has 0 bridgehead atoms. The summed E-state index contributed by atoms with van der Waals surface area (Å²) < 4.78 is 4.77. The summed E-state index contributed by atoms with van der Waals surface area (Å²) in [5, 5.41) is 11.6. The van der Waals surface area contributed by atoms with E-state index in [1.54, 1.807) is 38.1 Å². The maximum atomic E-state index is 11.3. The summed E-state index contributed by atoms with van der Waals surface area (Å²) in [4.78, 5) is 22.4. The third kappa shape index (κ3) is 3.84. The van der Waals surface area contributed by atoms with Gasteiger partial charge in [-0.05, 0) is 31.5 Å². The van der Waals surface area contributed by atoms with Crippen molar-refractivity contribution in [2.24, 2.45) is 0 Å². The van der Waals surface area contributed by atoms with Crippen LogP contribution < -0.4 is 5.32 Å². The van der Waals surface area contributed by atoms with E-state index in [2.05, 4.69) is 11.9 Å². The van der Waals surface area contributed by atoms with Gasteiger partial charge in [-0.25, -0.2) is 4.79 Å². The molecule has 0 aromatic heterocycles. The highest BCUT2D eigenvalue weighted by Crippen LogP contribution is 2.24. The van der Waals surface area contributed by atoms with E-state index in [0.717, 1.165) is 0 Å². The Balaban J connectivity index is 2.74. The number of rotatable bonds is 5. The van der Waals surface area contributed by atoms with Gasteiger partial charge < -0.3 is 9.84 Å². The van der Waals surface area contributed by atoms with Crippen molar-refractivity contribution >= 4 is 17.7 Å². The molecule has 1 rings (SSSR count). The van der Waals surface area contributed by atoms with E-state index < -0.39 is 17.5 Å². The smallest absolute Gasteiger partial charge is 0.411 e. The van der Waals surface area contributed by atoms with Gasteiger partial charge in [0.2, 0.25) is 0 Å². The molecule has 5 heteroatoms. The zero-order valence-corrected chi connectivity index (χ0v) is 11.0. The van der Waals surface area contributed by atoms with Gasteiger partial charge in [0.25, 0.3) is 0 Å². The van der Waals surface area contributed by atoms with Crippen LogP contribution in [0.2, 0.25) is 0 Å². The first kappa shape index (κ1) is 14.8. The van der Waals surface area contributed by atoms with Gasteiger partial charge in [-0.2, -0.15) is 0 Å². The molecule has 0 atom stereocenters. The Morgan fingerprint density at radius 2 is 1.95 bits per heavy atom. The van der Waals surface area contributed by atoms with E-state index in [1.165, 1.54) is 6.08 Å². The zero-order chi connectivity index (χ0) is 14.5. The maximum Gasteiger partial charge on any atom is 0.411 e. The number of nitrogens with one attached hydrogen (secondary N) is 1. The van der Waals surface area contributed by atoms with E-state index in [1.807, 2.05) is 0 Å². The number of benzene rings is 1. The fraction of sp³-hybridized carbons (Fsp3) is 0.286. The topological polar surface area (TPSA) is 75.6 Å². The van der Waals surface area contributed by atoms with Crippen LogP contribution in [0.1, 0.15) is 19.4 Å². The largest absolute Gasteiger partial charge is 0.481 e. The highest BCUT2D eigenvalue weighted by molar-refractivity contribution is 5.85. The van der Waals surface area contributed by atoms with Gasteiger partial charge >= 0.3 is 12.1 Å². The lowest BCUT2D eigenvalue weighted by atomic mass is 9.85. The van der Waals surface area contributed by atoms with Crippen LogP contribution in [0.5, 0.6) is 0 Å². The maximum absolute atomic E-state index is 11.3. The van der Waals surface area contributed by atoms with Gasteiger partial charge in [-0.1, -0.05) is 24.8 Å². The summed E-state index contributed by atoms with van der Waals surface area (Å²) in [5.41, 5.74) is 0.228. The number of aliphatic carboxylic acids is 1. The molecule has 0 spiro atoms. The number of anilines is 1. The van der Waals surface area contributed by atoms with Crippen LogP contribution in [0.4, 0.5) is 10.5 Å². The molecule has 0 unspecified atom stereocenters. The zero-order valence-electron chi connectivity index (χ0n) is 11.0. The first-order valence-electron chi connectivity index (χ1n) is 5.76. The van der Waals surface area contributed by atoms with Crippen molar-refractivity contribution in [2.75, 3.05) is 11.9 Å². The summed E-state index contributed by atoms with van der Waals surface area (Å²) in [6.45, 7) is 6.81. The van der Waals surface area contributed by atoms with Crippen molar-refractivity contribution in [1.29, 1.82) is 0 Å². The first-order valence-corrected chi connectivity index (χ1v) is 5.76. The van der Waals surface area contributed by atoms with E-state index in [0.29, 0.717) is 11.3 Å². The fourth-order valence-electron chi connectivity index (χ4n) is 1.38. The Morgan fingerprint density at radius 1 is 1.37 bits per heavy atom. The highest BCUT2D eigenvalue weighted by atomic mass is 16.5. The van der Waals surface area contributed by atoms with Gasteiger partial charge in [0, 0.05) is 5.69 Å². The molecule has 0 aliphatic heterocycles. The molecule has 5 nitrogen and oxygen atoms in total. The van der Waals surface area contributed by atoms with Crippen LogP contribution in [0.15, 0.2) is 36.9 Å². The number of carbonyl (C=O) groups is 2. The Hall–Kier alpha value is -2.30. The molecule has 0 radical (unpaired) electrons. The highest BCUT2D eigenvalue weighted by Gasteiger charge is 2.29. The summed E-state index contributed by atoms with van der Waals surface area (Å²) in [7, 11) is 0. The monoisotopic (exact) mass is 263 g/mol. The molecule has 1 aromatic rings. The Bertz CT molecular complexity index is 477. The molecule has 1 amide bonds. The summed E-state index contributed by atoms with van der Waals surface area (Å²) in [6.07, 6.45) is 0.892. The summed E-state index contributed by atoms with van der Waals surface area (Å²) in [6, 6.07) is 6.60.